The molecule has 0 fully saturated rings. The topological polar surface area (TPSA) is 37.4 Å². The molecule has 3 heteroatoms. The molecule has 0 radical (unpaired) electrons. The molecule has 2 aromatic rings. The van der Waals surface area contributed by atoms with E-state index in [0.29, 0.717) is 12.1 Å². The van der Waals surface area contributed by atoms with Crippen molar-refractivity contribution >= 4 is 11.7 Å². The lowest BCUT2D eigenvalue weighted by molar-refractivity contribution is -0.133. The molecule has 1 amide bonds. The molecule has 0 spiro atoms. The average molecular weight is 309 g/mol. The van der Waals surface area contributed by atoms with Crippen LogP contribution in [0.25, 0.3) is 0 Å². The molecular formula is C20H23NO2. The fourth-order valence-corrected chi connectivity index (χ4v) is 2.47. The van der Waals surface area contributed by atoms with Crippen molar-refractivity contribution in [3.8, 4) is 0 Å². The minimum Gasteiger partial charge on any atom is -0.336 e. The van der Waals surface area contributed by atoms with Crippen molar-refractivity contribution in [1.29, 1.82) is 0 Å². The molecule has 0 aliphatic heterocycles. The molecule has 0 saturated carbocycles. The highest BCUT2D eigenvalue weighted by molar-refractivity contribution is 5.97. The number of nitrogens with zero attached hydrogens (tertiary/aromatic N) is 1. The highest BCUT2D eigenvalue weighted by Gasteiger charge is 2.18. The Balaban J connectivity index is 1.95. The molecule has 0 heterocycles. The fraction of sp³-hybridized carbons (Fsp3) is 0.300. The molecule has 0 aliphatic rings. The summed E-state index contributed by atoms with van der Waals surface area (Å²) in [5.74, 6) is 0.0375. The van der Waals surface area contributed by atoms with Gasteiger partial charge in [-0.25, -0.2) is 0 Å². The second-order valence-corrected chi connectivity index (χ2v) is 5.89. The Morgan fingerprint density at radius 1 is 0.870 bits per heavy atom. The van der Waals surface area contributed by atoms with Crippen LogP contribution in [-0.2, 0) is 11.3 Å². The van der Waals surface area contributed by atoms with E-state index in [2.05, 4.69) is 0 Å². The summed E-state index contributed by atoms with van der Waals surface area (Å²) in [6.45, 7) is 4.58. The zero-order valence-corrected chi connectivity index (χ0v) is 13.7. The third-order valence-electron chi connectivity index (χ3n) is 3.80. The Morgan fingerprint density at radius 2 is 1.43 bits per heavy atom. The van der Waals surface area contributed by atoms with Gasteiger partial charge in [0.15, 0.2) is 5.78 Å². The van der Waals surface area contributed by atoms with Crippen LogP contribution >= 0.6 is 0 Å². The van der Waals surface area contributed by atoms with Gasteiger partial charge in [0.05, 0.1) is 0 Å². The Morgan fingerprint density at radius 3 is 2.00 bits per heavy atom. The van der Waals surface area contributed by atoms with Crippen LogP contribution in [-0.4, -0.2) is 22.6 Å². The second kappa shape index (κ2) is 8.28. The summed E-state index contributed by atoms with van der Waals surface area (Å²) in [7, 11) is 0. The van der Waals surface area contributed by atoms with E-state index in [4.69, 9.17) is 0 Å². The number of benzene rings is 2. The number of ketones is 1. The number of carbonyl (C=O) groups excluding carboxylic acids is 2. The number of hydrogen-bond acceptors (Lipinski definition) is 2. The number of amides is 1. The summed E-state index contributed by atoms with van der Waals surface area (Å²) in [6.07, 6.45) is 0.500. The van der Waals surface area contributed by atoms with E-state index in [9.17, 15) is 9.59 Å². The standard InChI is InChI=1S/C20H23NO2/c1-16(2)21(15-17-9-5-3-6-10-17)20(23)14-13-19(22)18-11-7-4-8-12-18/h3-12,16H,13-15H2,1-2H3. The summed E-state index contributed by atoms with van der Waals surface area (Å²) in [5.41, 5.74) is 1.77. The van der Waals surface area contributed by atoms with Gasteiger partial charge in [0.1, 0.15) is 0 Å². The van der Waals surface area contributed by atoms with Crippen LogP contribution in [0, 0.1) is 0 Å². The third kappa shape index (κ3) is 5.06. The minimum absolute atomic E-state index is 0.0161. The van der Waals surface area contributed by atoms with Gasteiger partial charge in [-0.3, -0.25) is 9.59 Å². The van der Waals surface area contributed by atoms with Crippen molar-refractivity contribution in [2.75, 3.05) is 0 Å². The van der Waals surface area contributed by atoms with E-state index in [-0.39, 0.29) is 30.6 Å². The van der Waals surface area contributed by atoms with Crippen LogP contribution in [0.2, 0.25) is 0 Å². The van der Waals surface area contributed by atoms with Gasteiger partial charge in [0, 0.05) is 31.0 Å². The first-order valence-corrected chi connectivity index (χ1v) is 7.99. The van der Waals surface area contributed by atoms with Crippen LogP contribution < -0.4 is 0 Å². The zero-order chi connectivity index (χ0) is 16.7. The van der Waals surface area contributed by atoms with Crippen molar-refractivity contribution in [1.82, 2.24) is 4.90 Å². The molecular weight excluding hydrogens is 286 g/mol. The van der Waals surface area contributed by atoms with Crippen LogP contribution in [0.4, 0.5) is 0 Å². The maximum Gasteiger partial charge on any atom is 0.223 e. The van der Waals surface area contributed by atoms with Gasteiger partial charge < -0.3 is 4.90 Å². The molecule has 0 N–H and O–H groups in total. The summed E-state index contributed by atoms with van der Waals surface area (Å²) in [5, 5.41) is 0. The smallest absolute Gasteiger partial charge is 0.223 e. The fourth-order valence-electron chi connectivity index (χ4n) is 2.47. The number of Topliss-reactive ketones (excluding diaryl/α,β-unsaturated/α-hetero) is 1. The molecule has 120 valence electrons. The van der Waals surface area contributed by atoms with Gasteiger partial charge in [0.2, 0.25) is 5.91 Å². The Labute approximate surface area is 137 Å². The molecule has 23 heavy (non-hydrogen) atoms. The second-order valence-electron chi connectivity index (χ2n) is 5.89. The van der Waals surface area contributed by atoms with E-state index in [1.807, 2.05) is 67.3 Å². The Bertz CT molecular complexity index is 635. The maximum absolute atomic E-state index is 12.5. The molecule has 2 aromatic carbocycles. The molecule has 2 rings (SSSR count). The SMILES string of the molecule is CC(C)N(Cc1ccccc1)C(=O)CCC(=O)c1ccccc1. The van der Waals surface area contributed by atoms with Crippen molar-refractivity contribution in [3.05, 3.63) is 71.8 Å². The number of hydrogen-bond donors (Lipinski definition) is 0. The van der Waals surface area contributed by atoms with Crippen LogP contribution in [0.15, 0.2) is 60.7 Å². The lowest BCUT2D eigenvalue weighted by Crippen LogP contribution is -2.36. The molecule has 3 nitrogen and oxygen atoms in total. The van der Waals surface area contributed by atoms with E-state index in [0.717, 1.165) is 5.56 Å². The summed E-state index contributed by atoms with van der Waals surface area (Å²) < 4.78 is 0. The Hall–Kier alpha value is -2.42. The van der Waals surface area contributed by atoms with Gasteiger partial charge in [-0.2, -0.15) is 0 Å². The summed E-state index contributed by atoms with van der Waals surface area (Å²) >= 11 is 0. The van der Waals surface area contributed by atoms with E-state index >= 15 is 0 Å². The molecule has 0 saturated heterocycles. The first-order chi connectivity index (χ1) is 11.1. The highest BCUT2D eigenvalue weighted by Crippen LogP contribution is 2.12. The first-order valence-electron chi connectivity index (χ1n) is 7.99. The van der Waals surface area contributed by atoms with Gasteiger partial charge in [-0.15, -0.1) is 0 Å². The molecule has 0 aliphatic carbocycles. The van der Waals surface area contributed by atoms with E-state index in [1.54, 1.807) is 12.1 Å². The lowest BCUT2D eigenvalue weighted by Gasteiger charge is -2.27. The predicted molar refractivity (Wildman–Crippen MR) is 92.1 cm³/mol. The normalized spacial score (nSPS) is 10.6. The quantitative estimate of drug-likeness (QED) is 0.723. The van der Waals surface area contributed by atoms with Gasteiger partial charge in [-0.1, -0.05) is 60.7 Å². The van der Waals surface area contributed by atoms with E-state index in [1.165, 1.54) is 0 Å². The van der Waals surface area contributed by atoms with Crippen molar-refractivity contribution in [2.24, 2.45) is 0 Å². The first kappa shape index (κ1) is 16.9. The largest absolute Gasteiger partial charge is 0.336 e. The monoisotopic (exact) mass is 309 g/mol. The van der Waals surface area contributed by atoms with Crippen LogP contribution in [0.1, 0.15) is 42.6 Å². The van der Waals surface area contributed by atoms with Gasteiger partial charge in [0.25, 0.3) is 0 Å². The minimum atomic E-state index is 0.0161. The number of rotatable bonds is 7. The van der Waals surface area contributed by atoms with Crippen LogP contribution in [0.3, 0.4) is 0 Å². The van der Waals surface area contributed by atoms with Gasteiger partial charge in [-0.05, 0) is 19.4 Å². The van der Waals surface area contributed by atoms with Crippen molar-refractivity contribution in [3.63, 3.8) is 0 Å². The highest BCUT2D eigenvalue weighted by atomic mass is 16.2. The average Bonchev–Trinajstić information content (AvgIpc) is 2.58. The summed E-state index contributed by atoms with van der Waals surface area (Å²) in [6, 6.07) is 19.2. The molecule has 0 unspecified atom stereocenters. The summed E-state index contributed by atoms with van der Waals surface area (Å²) in [4.78, 5) is 26.5. The van der Waals surface area contributed by atoms with Crippen molar-refractivity contribution < 1.29 is 9.59 Å². The number of carbonyl (C=O) groups is 2. The van der Waals surface area contributed by atoms with Crippen LogP contribution in [0.5, 0.6) is 0 Å². The maximum atomic E-state index is 12.5. The predicted octanol–water partition coefficient (Wildman–Crippen LogP) is 4.09. The lowest BCUT2D eigenvalue weighted by atomic mass is 10.1. The third-order valence-corrected chi connectivity index (χ3v) is 3.80. The van der Waals surface area contributed by atoms with Gasteiger partial charge >= 0.3 is 0 Å². The molecule has 0 aromatic heterocycles. The molecule has 0 bridgehead atoms. The van der Waals surface area contributed by atoms with E-state index < -0.39 is 0 Å². The molecule has 0 atom stereocenters. The van der Waals surface area contributed by atoms with Crippen molar-refractivity contribution in [2.45, 2.75) is 39.3 Å². The zero-order valence-electron chi connectivity index (χ0n) is 13.7. The Kier molecular flexibility index (Phi) is 6.10.